The van der Waals surface area contributed by atoms with Crippen molar-refractivity contribution in [3.05, 3.63) is 73.1 Å². The summed E-state index contributed by atoms with van der Waals surface area (Å²) in [5, 5.41) is 4.05. The minimum Gasteiger partial charge on any atom is -0.489 e. The van der Waals surface area contributed by atoms with Crippen LogP contribution >= 0.6 is 23.2 Å². The Hall–Kier alpha value is -2.20. The SMILES string of the molecule is Cc1cc(C)c(OCc2c(Cl)cccc2C(=O)N=[N+]=[N-])cc1Cl. The summed E-state index contributed by atoms with van der Waals surface area (Å²) in [6.07, 6.45) is 0. The molecule has 0 heterocycles. The summed E-state index contributed by atoms with van der Waals surface area (Å²) >= 11 is 12.2. The Morgan fingerprint density at radius 2 is 1.96 bits per heavy atom. The molecule has 0 N–H and O–H groups in total. The molecule has 118 valence electrons. The summed E-state index contributed by atoms with van der Waals surface area (Å²) in [6, 6.07) is 8.42. The van der Waals surface area contributed by atoms with Crippen LogP contribution in [0.1, 0.15) is 27.0 Å². The van der Waals surface area contributed by atoms with E-state index in [1.54, 1.807) is 18.2 Å². The second-order valence-corrected chi connectivity index (χ2v) is 5.73. The fourth-order valence-electron chi connectivity index (χ4n) is 2.11. The number of carbonyl (C=O) groups excluding carboxylic acids is 1. The predicted octanol–water partition coefficient (Wildman–Crippen LogP) is 5.64. The number of azide groups is 1. The maximum absolute atomic E-state index is 11.8. The molecule has 0 atom stereocenters. The van der Waals surface area contributed by atoms with Crippen LogP contribution in [0.5, 0.6) is 5.75 Å². The lowest BCUT2D eigenvalue weighted by Gasteiger charge is -2.13. The molecule has 2 aromatic carbocycles. The number of carbonyl (C=O) groups is 1. The van der Waals surface area contributed by atoms with Crippen LogP contribution in [0, 0.1) is 13.8 Å². The van der Waals surface area contributed by atoms with E-state index in [0.29, 0.717) is 21.4 Å². The van der Waals surface area contributed by atoms with E-state index in [2.05, 4.69) is 10.0 Å². The van der Waals surface area contributed by atoms with Gasteiger partial charge in [0.25, 0.3) is 0 Å². The van der Waals surface area contributed by atoms with Gasteiger partial charge in [-0.3, -0.25) is 4.79 Å². The average molecular weight is 350 g/mol. The summed E-state index contributed by atoms with van der Waals surface area (Å²) < 4.78 is 5.75. The summed E-state index contributed by atoms with van der Waals surface area (Å²) in [7, 11) is 0. The molecule has 5 nitrogen and oxygen atoms in total. The number of nitrogens with zero attached hydrogens (tertiary/aromatic N) is 3. The minimum absolute atomic E-state index is 0.0575. The van der Waals surface area contributed by atoms with Gasteiger partial charge in [-0.25, -0.2) is 0 Å². The molecule has 0 saturated carbocycles. The lowest BCUT2D eigenvalue weighted by Crippen LogP contribution is -2.06. The van der Waals surface area contributed by atoms with Gasteiger partial charge in [0, 0.05) is 26.1 Å². The van der Waals surface area contributed by atoms with E-state index < -0.39 is 5.91 Å². The molecule has 0 saturated heterocycles. The third kappa shape index (κ3) is 3.96. The predicted molar refractivity (Wildman–Crippen MR) is 90.2 cm³/mol. The van der Waals surface area contributed by atoms with Gasteiger partial charge in [0.15, 0.2) is 0 Å². The van der Waals surface area contributed by atoms with Crippen LogP contribution in [-0.2, 0) is 6.61 Å². The average Bonchev–Trinajstić information content (AvgIpc) is 2.50. The molecule has 0 unspecified atom stereocenters. The highest BCUT2D eigenvalue weighted by Gasteiger charge is 2.14. The van der Waals surface area contributed by atoms with Crippen molar-refractivity contribution >= 4 is 29.1 Å². The van der Waals surface area contributed by atoms with Crippen LogP contribution in [-0.4, -0.2) is 5.91 Å². The Morgan fingerprint density at radius 1 is 1.22 bits per heavy atom. The van der Waals surface area contributed by atoms with Gasteiger partial charge in [-0.1, -0.05) is 41.4 Å². The molecule has 7 heteroatoms. The molecular formula is C16H13Cl2N3O2. The lowest BCUT2D eigenvalue weighted by molar-refractivity contribution is 0.0998. The maximum atomic E-state index is 11.8. The normalized spacial score (nSPS) is 10.1. The quantitative estimate of drug-likeness (QED) is 0.406. The number of hydrogen-bond acceptors (Lipinski definition) is 2. The van der Waals surface area contributed by atoms with Gasteiger partial charge >= 0.3 is 0 Å². The van der Waals surface area contributed by atoms with E-state index in [1.807, 2.05) is 19.9 Å². The zero-order chi connectivity index (χ0) is 17.0. The van der Waals surface area contributed by atoms with Crippen LogP contribution in [0.2, 0.25) is 10.0 Å². The number of aryl methyl sites for hydroxylation is 2. The number of ether oxygens (including phenoxy) is 1. The Morgan fingerprint density at radius 3 is 2.65 bits per heavy atom. The number of halogens is 2. The van der Waals surface area contributed by atoms with E-state index in [9.17, 15) is 4.79 Å². The van der Waals surface area contributed by atoms with E-state index >= 15 is 0 Å². The first-order chi connectivity index (χ1) is 10.9. The van der Waals surface area contributed by atoms with Gasteiger partial charge in [0.05, 0.1) is 0 Å². The van der Waals surface area contributed by atoms with Crippen molar-refractivity contribution in [3.8, 4) is 5.75 Å². The van der Waals surface area contributed by atoms with Gasteiger partial charge in [-0.05, 0) is 47.8 Å². The van der Waals surface area contributed by atoms with Crippen molar-refractivity contribution in [2.24, 2.45) is 5.11 Å². The molecule has 23 heavy (non-hydrogen) atoms. The molecule has 0 fully saturated rings. The molecule has 0 aromatic heterocycles. The van der Waals surface area contributed by atoms with Gasteiger partial charge in [0.2, 0.25) is 5.91 Å². The van der Waals surface area contributed by atoms with E-state index in [4.69, 9.17) is 33.5 Å². The van der Waals surface area contributed by atoms with Crippen LogP contribution in [0.4, 0.5) is 0 Å². The van der Waals surface area contributed by atoms with E-state index in [1.165, 1.54) is 6.07 Å². The van der Waals surface area contributed by atoms with Crippen LogP contribution < -0.4 is 4.74 Å². The molecule has 1 amide bonds. The van der Waals surface area contributed by atoms with Crippen molar-refractivity contribution in [2.75, 3.05) is 0 Å². The van der Waals surface area contributed by atoms with Crippen molar-refractivity contribution < 1.29 is 9.53 Å². The summed E-state index contributed by atoms with van der Waals surface area (Å²) in [5.41, 5.74) is 11.0. The largest absolute Gasteiger partial charge is 0.489 e. The molecule has 0 spiro atoms. The molecule has 0 aliphatic heterocycles. The van der Waals surface area contributed by atoms with Crippen molar-refractivity contribution in [1.82, 2.24) is 0 Å². The number of hydrogen-bond donors (Lipinski definition) is 0. The first-order valence-corrected chi connectivity index (χ1v) is 7.46. The zero-order valence-electron chi connectivity index (χ0n) is 12.5. The Labute approximate surface area is 143 Å². The fourth-order valence-corrected chi connectivity index (χ4v) is 2.50. The summed E-state index contributed by atoms with van der Waals surface area (Å²) in [6.45, 7) is 3.86. The lowest BCUT2D eigenvalue weighted by atomic mass is 10.1. The van der Waals surface area contributed by atoms with E-state index in [-0.39, 0.29) is 12.2 Å². The van der Waals surface area contributed by atoms with Crippen LogP contribution in [0.3, 0.4) is 0 Å². The summed E-state index contributed by atoms with van der Waals surface area (Å²) in [4.78, 5) is 14.3. The standard InChI is InChI=1S/C16H13Cl2N3O2/c1-9-6-10(2)15(7-14(9)18)23-8-12-11(16(22)20-21-19)4-3-5-13(12)17/h3-7H,8H2,1-2H3. The molecule has 0 bridgehead atoms. The van der Waals surface area contributed by atoms with E-state index in [0.717, 1.165) is 11.1 Å². The smallest absolute Gasteiger partial charge is 0.249 e. The Kier molecular flexibility index (Phi) is 5.50. The number of benzene rings is 2. The topological polar surface area (TPSA) is 75.1 Å². The zero-order valence-corrected chi connectivity index (χ0v) is 14.0. The van der Waals surface area contributed by atoms with Crippen molar-refractivity contribution in [3.63, 3.8) is 0 Å². The fraction of sp³-hybridized carbons (Fsp3) is 0.188. The van der Waals surface area contributed by atoms with Crippen LogP contribution in [0.25, 0.3) is 10.4 Å². The number of rotatable bonds is 4. The molecular weight excluding hydrogens is 337 g/mol. The monoisotopic (exact) mass is 349 g/mol. The van der Waals surface area contributed by atoms with Crippen molar-refractivity contribution in [2.45, 2.75) is 20.5 Å². The highest BCUT2D eigenvalue weighted by Crippen LogP contribution is 2.28. The van der Waals surface area contributed by atoms with Crippen molar-refractivity contribution in [1.29, 1.82) is 0 Å². The molecule has 2 aromatic rings. The van der Waals surface area contributed by atoms with Gasteiger partial charge in [-0.2, -0.15) is 0 Å². The Bertz CT molecular complexity index is 815. The third-order valence-corrected chi connectivity index (χ3v) is 4.07. The second kappa shape index (κ2) is 7.38. The molecule has 0 radical (unpaired) electrons. The van der Waals surface area contributed by atoms with Gasteiger partial charge < -0.3 is 4.74 Å². The molecule has 0 aliphatic rings. The highest BCUT2D eigenvalue weighted by molar-refractivity contribution is 6.32. The second-order valence-electron chi connectivity index (χ2n) is 4.92. The molecule has 0 aliphatic carbocycles. The minimum atomic E-state index is -0.702. The molecule has 2 rings (SSSR count). The van der Waals surface area contributed by atoms with Crippen LogP contribution in [0.15, 0.2) is 35.4 Å². The maximum Gasteiger partial charge on any atom is 0.249 e. The van der Waals surface area contributed by atoms with Gasteiger partial charge in [0.1, 0.15) is 12.4 Å². The first-order valence-electron chi connectivity index (χ1n) is 6.70. The third-order valence-electron chi connectivity index (χ3n) is 3.31. The first kappa shape index (κ1) is 17.2. The summed E-state index contributed by atoms with van der Waals surface area (Å²) in [5.74, 6) is -0.102. The van der Waals surface area contributed by atoms with Gasteiger partial charge in [-0.15, -0.1) is 0 Å². The Balaban J connectivity index is 2.32. The number of amides is 1. The highest BCUT2D eigenvalue weighted by atomic mass is 35.5.